The first-order valence-corrected chi connectivity index (χ1v) is 29.0. The number of phosphoric acid groups is 1. The van der Waals surface area contributed by atoms with Crippen LogP contribution in [-0.2, 0) is 32.7 Å². The van der Waals surface area contributed by atoms with Crippen molar-refractivity contribution in [3.8, 4) is 0 Å². The highest BCUT2D eigenvalue weighted by Crippen LogP contribution is 2.43. The predicted molar refractivity (Wildman–Crippen MR) is 284 cm³/mol. The SMILES string of the molecule is CCCCCC/C=C\C/C=C\CCCCCCCC(=O)OCC(COP(=O)(O)OCC[N+](C)(C)C)OC(=O)CCCCCCCCCCCCCC/C=C\C/C=C\C/C=C\CCCCCCC. The molecule has 0 rings (SSSR count). The number of quaternary nitrogens is 1. The van der Waals surface area contributed by atoms with Gasteiger partial charge in [-0.25, -0.2) is 4.57 Å². The molecule has 0 aliphatic rings. The number of unbranched alkanes of at least 4 members (excludes halogenated alkanes) is 26. The van der Waals surface area contributed by atoms with Crippen LogP contribution in [0.4, 0.5) is 0 Å². The van der Waals surface area contributed by atoms with E-state index < -0.39 is 26.5 Å². The molecule has 1 N–H and O–H groups in total. The maximum absolute atomic E-state index is 12.8. The van der Waals surface area contributed by atoms with E-state index in [4.69, 9.17) is 18.5 Å². The van der Waals surface area contributed by atoms with Gasteiger partial charge >= 0.3 is 19.8 Å². The number of rotatable bonds is 50. The van der Waals surface area contributed by atoms with Gasteiger partial charge in [-0.3, -0.25) is 18.6 Å². The molecule has 10 heteroatoms. The van der Waals surface area contributed by atoms with Crippen LogP contribution >= 0.6 is 7.82 Å². The Morgan fingerprint density at radius 1 is 0.463 bits per heavy atom. The van der Waals surface area contributed by atoms with Crippen molar-refractivity contribution in [1.82, 2.24) is 0 Å². The molecule has 2 atom stereocenters. The number of allylic oxidation sites excluding steroid dienone is 10. The van der Waals surface area contributed by atoms with E-state index in [9.17, 15) is 19.0 Å². The van der Waals surface area contributed by atoms with Crippen LogP contribution in [0.15, 0.2) is 60.8 Å². The third-order valence-corrected chi connectivity index (χ3v) is 12.8. The van der Waals surface area contributed by atoms with Crippen molar-refractivity contribution < 1.29 is 42.1 Å². The van der Waals surface area contributed by atoms with Gasteiger partial charge in [0, 0.05) is 12.8 Å². The third kappa shape index (κ3) is 52.9. The minimum Gasteiger partial charge on any atom is -0.462 e. The van der Waals surface area contributed by atoms with Crippen LogP contribution < -0.4 is 0 Å². The number of carbonyl (C=O) groups excluding carboxylic acids is 2. The summed E-state index contributed by atoms with van der Waals surface area (Å²) in [4.78, 5) is 35.6. The molecule has 0 spiro atoms. The molecule has 0 saturated carbocycles. The van der Waals surface area contributed by atoms with Crippen molar-refractivity contribution >= 4 is 19.8 Å². The van der Waals surface area contributed by atoms with Crippen LogP contribution in [0.25, 0.3) is 0 Å². The number of nitrogens with zero attached hydrogens (tertiary/aromatic N) is 1. The fourth-order valence-corrected chi connectivity index (χ4v) is 8.21. The first-order valence-electron chi connectivity index (χ1n) is 27.5. The molecule has 0 bridgehead atoms. The molecule has 0 heterocycles. The van der Waals surface area contributed by atoms with E-state index in [1.54, 1.807) is 0 Å². The van der Waals surface area contributed by atoms with Gasteiger partial charge in [0.05, 0.1) is 27.7 Å². The fourth-order valence-electron chi connectivity index (χ4n) is 7.46. The lowest BCUT2D eigenvalue weighted by atomic mass is 10.0. The van der Waals surface area contributed by atoms with Crippen LogP contribution in [0.5, 0.6) is 0 Å². The molecule has 0 aliphatic heterocycles. The summed E-state index contributed by atoms with van der Waals surface area (Å²) in [6.45, 7) is 4.39. The second kappa shape index (κ2) is 48.7. The van der Waals surface area contributed by atoms with Crippen LogP contribution in [0, 0.1) is 0 Å². The molecule has 0 radical (unpaired) electrons. The summed E-state index contributed by atoms with van der Waals surface area (Å²) in [5.74, 6) is -0.813. The average molecular weight is 963 g/mol. The maximum atomic E-state index is 12.8. The van der Waals surface area contributed by atoms with Crippen molar-refractivity contribution in [2.45, 2.75) is 245 Å². The summed E-state index contributed by atoms with van der Waals surface area (Å²) in [6.07, 6.45) is 61.3. The van der Waals surface area contributed by atoms with E-state index >= 15 is 0 Å². The minimum absolute atomic E-state index is 0.0273. The van der Waals surface area contributed by atoms with Gasteiger partial charge < -0.3 is 18.9 Å². The van der Waals surface area contributed by atoms with Crippen molar-refractivity contribution in [1.29, 1.82) is 0 Å². The van der Waals surface area contributed by atoms with E-state index in [0.717, 1.165) is 77.0 Å². The Balaban J connectivity index is 4.19. The highest BCUT2D eigenvalue weighted by Gasteiger charge is 2.27. The van der Waals surface area contributed by atoms with Gasteiger partial charge in [0.25, 0.3) is 0 Å². The lowest BCUT2D eigenvalue weighted by Crippen LogP contribution is -2.37. The smallest absolute Gasteiger partial charge is 0.462 e. The predicted octanol–water partition coefficient (Wildman–Crippen LogP) is 16.8. The molecule has 67 heavy (non-hydrogen) atoms. The number of carbonyl (C=O) groups is 2. The maximum Gasteiger partial charge on any atom is 0.472 e. The second-order valence-corrected chi connectivity index (χ2v) is 21.1. The number of ether oxygens (including phenoxy) is 2. The highest BCUT2D eigenvalue weighted by molar-refractivity contribution is 7.47. The van der Waals surface area contributed by atoms with Gasteiger partial charge in [-0.1, -0.05) is 203 Å². The molecule has 2 unspecified atom stereocenters. The van der Waals surface area contributed by atoms with Gasteiger partial charge in [0.1, 0.15) is 19.8 Å². The van der Waals surface area contributed by atoms with E-state index in [2.05, 4.69) is 74.6 Å². The number of esters is 2. The minimum atomic E-state index is -4.39. The van der Waals surface area contributed by atoms with Crippen LogP contribution in [0.2, 0.25) is 0 Å². The largest absolute Gasteiger partial charge is 0.472 e. The Morgan fingerprint density at radius 3 is 1.21 bits per heavy atom. The summed E-state index contributed by atoms with van der Waals surface area (Å²) < 4.78 is 34.5. The summed E-state index contributed by atoms with van der Waals surface area (Å²) in [5.41, 5.74) is 0. The number of phosphoric ester groups is 1. The van der Waals surface area contributed by atoms with Crippen LogP contribution in [0.3, 0.4) is 0 Å². The molecule has 390 valence electrons. The van der Waals surface area contributed by atoms with E-state index in [1.165, 1.54) is 128 Å². The Labute approximate surface area is 413 Å². The van der Waals surface area contributed by atoms with Crippen LogP contribution in [0.1, 0.15) is 239 Å². The number of hydrogen-bond acceptors (Lipinski definition) is 7. The van der Waals surface area contributed by atoms with Crippen molar-refractivity contribution in [2.24, 2.45) is 0 Å². The number of likely N-dealkylation sites (N-methyl/N-ethyl adjacent to an activating group) is 1. The van der Waals surface area contributed by atoms with Gasteiger partial charge in [-0.15, -0.1) is 0 Å². The standard InChI is InChI=1S/C57H104NO8P/c1-6-8-10-12-14-16-18-20-22-24-25-26-27-28-29-30-31-32-33-34-36-38-40-42-44-46-48-50-57(60)66-55(54-65-67(61,62)64-52-51-58(3,4)5)53-63-56(59)49-47-45-43-41-39-37-35-23-21-19-17-15-13-11-9-7-2/h17-20,23-25,27-28,35,55H,6-16,21-22,26,29-34,36-54H2,1-5H3/p+1/b19-17-,20-18-,25-24-,28-27-,35-23-. The van der Waals surface area contributed by atoms with Gasteiger partial charge in [0.15, 0.2) is 6.10 Å². The zero-order valence-corrected chi connectivity index (χ0v) is 45.0. The van der Waals surface area contributed by atoms with Gasteiger partial charge in [-0.2, -0.15) is 0 Å². The van der Waals surface area contributed by atoms with Crippen molar-refractivity contribution in [3.63, 3.8) is 0 Å². The second-order valence-electron chi connectivity index (χ2n) is 19.6. The Bertz CT molecular complexity index is 1320. The fraction of sp³-hybridized carbons (Fsp3) is 0.789. The summed E-state index contributed by atoms with van der Waals surface area (Å²) in [6, 6.07) is 0. The first-order chi connectivity index (χ1) is 32.5. The number of hydrogen-bond donors (Lipinski definition) is 1. The molecular formula is C57H105NO8P+. The molecule has 0 aromatic heterocycles. The first kappa shape index (κ1) is 64.7. The highest BCUT2D eigenvalue weighted by atomic mass is 31.2. The van der Waals surface area contributed by atoms with Gasteiger partial charge in [-0.05, 0) is 83.5 Å². The Hall–Kier alpha value is -2.29. The molecule has 0 aromatic rings. The molecule has 0 aromatic carbocycles. The molecule has 0 amide bonds. The van der Waals surface area contributed by atoms with Crippen LogP contribution in [-0.4, -0.2) is 74.9 Å². The topological polar surface area (TPSA) is 108 Å². The zero-order chi connectivity index (χ0) is 49.2. The van der Waals surface area contributed by atoms with E-state index in [0.29, 0.717) is 17.4 Å². The molecule has 0 fully saturated rings. The normalized spacial score (nSPS) is 13.8. The summed E-state index contributed by atoms with van der Waals surface area (Å²) in [5, 5.41) is 0. The average Bonchev–Trinajstić information content (AvgIpc) is 3.29. The summed E-state index contributed by atoms with van der Waals surface area (Å²) >= 11 is 0. The van der Waals surface area contributed by atoms with Crippen molar-refractivity contribution in [3.05, 3.63) is 60.8 Å². The summed E-state index contributed by atoms with van der Waals surface area (Å²) in [7, 11) is 1.47. The molecule has 9 nitrogen and oxygen atoms in total. The monoisotopic (exact) mass is 963 g/mol. The Morgan fingerprint density at radius 2 is 0.806 bits per heavy atom. The third-order valence-electron chi connectivity index (χ3n) is 11.8. The van der Waals surface area contributed by atoms with E-state index in [1.807, 2.05) is 21.1 Å². The quantitative estimate of drug-likeness (QED) is 0.0211. The van der Waals surface area contributed by atoms with Crippen molar-refractivity contribution in [2.75, 3.05) is 47.5 Å². The lowest BCUT2D eigenvalue weighted by Gasteiger charge is -2.24. The Kier molecular flexibility index (Phi) is 47.1. The zero-order valence-electron chi connectivity index (χ0n) is 44.1. The van der Waals surface area contributed by atoms with Gasteiger partial charge in [0.2, 0.25) is 0 Å². The molecule has 0 aliphatic carbocycles. The molecular weight excluding hydrogens is 858 g/mol. The lowest BCUT2D eigenvalue weighted by molar-refractivity contribution is -0.870. The molecule has 0 saturated heterocycles. The van der Waals surface area contributed by atoms with E-state index in [-0.39, 0.29) is 32.0 Å².